The van der Waals surface area contributed by atoms with Gasteiger partial charge in [-0.25, -0.2) is 9.00 Å². The number of amides is 1. The maximum atomic E-state index is 12.2. The Morgan fingerprint density at radius 2 is 2.14 bits per heavy atom. The summed E-state index contributed by atoms with van der Waals surface area (Å²) in [5.41, 5.74) is -6.14. The molecule has 0 fully saturated rings. The summed E-state index contributed by atoms with van der Waals surface area (Å²) in [7, 11) is 0. The zero-order valence-corrected chi connectivity index (χ0v) is 11.4. The van der Waals surface area contributed by atoms with Crippen LogP contribution in [0.4, 0.5) is 18.9 Å². The summed E-state index contributed by atoms with van der Waals surface area (Å²) in [4.78, 5) is 24.2. The number of phenolic OH excluding ortho intramolecular Hbond substituents is 1. The smallest absolute Gasteiger partial charge is 0.503 e. The third-order valence-corrected chi connectivity index (χ3v) is 3.01. The molecule has 1 amide bonds. The van der Waals surface area contributed by atoms with E-state index in [1.54, 1.807) is 0 Å². The van der Waals surface area contributed by atoms with Crippen LogP contribution in [-0.2, 0) is 15.9 Å². The number of aromatic nitrogens is 1. The van der Waals surface area contributed by atoms with Crippen molar-refractivity contribution in [1.82, 2.24) is 4.98 Å². The van der Waals surface area contributed by atoms with E-state index in [4.69, 9.17) is 0 Å². The Labute approximate surface area is 121 Å². The fourth-order valence-electron chi connectivity index (χ4n) is 1.55. The lowest BCUT2D eigenvalue weighted by Crippen LogP contribution is -2.21. The van der Waals surface area contributed by atoms with Gasteiger partial charge in [-0.2, -0.15) is 13.2 Å². The average Bonchev–Trinajstić information content (AvgIpc) is 2.75. The van der Waals surface area contributed by atoms with Crippen LogP contribution in [0, 0.1) is 0 Å². The normalized spacial score (nSPS) is 13.1. The van der Waals surface area contributed by atoms with Crippen molar-refractivity contribution in [3.05, 3.63) is 16.6 Å². The summed E-state index contributed by atoms with van der Waals surface area (Å²) in [6, 6.07) is 0.749. The highest BCUT2D eigenvalue weighted by Gasteiger charge is 2.40. The molecular formula is C10H7F3N2O6S. The number of alkyl halides is 3. The Bertz CT molecular complexity index is 824. The van der Waals surface area contributed by atoms with Gasteiger partial charge in [-0.1, -0.05) is 0 Å². The number of oxazole rings is 1. The maximum Gasteiger partial charge on any atom is 0.508 e. The Kier molecular flexibility index (Phi) is 3.87. The van der Waals surface area contributed by atoms with E-state index < -0.39 is 45.3 Å². The van der Waals surface area contributed by atoms with E-state index in [9.17, 15) is 32.1 Å². The van der Waals surface area contributed by atoms with Gasteiger partial charge >= 0.3 is 22.3 Å². The molecule has 8 nitrogen and oxygen atoms in total. The number of anilines is 1. The van der Waals surface area contributed by atoms with Gasteiger partial charge in [-0.15, -0.1) is 0 Å². The van der Waals surface area contributed by atoms with Crippen LogP contribution in [-0.4, -0.2) is 25.7 Å². The fourth-order valence-corrected chi connectivity index (χ4v) is 1.93. The zero-order chi connectivity index (χ0) is 16.7. The number of nitrogens with one attached hydrogen (secondary N) is 2. The molecule has 1 unspecified atom stereocenters. The monoisotopic (exact) mass is 340 g/mol. The number of H-pyrrole nitrogens is 1. The molecule has 1 heterocycles. The molecule has 0 aliphatic heterocycles. The molecule has 1 aromatic carbocycles. The number of rotatable bonds is 3. The molecule has 2 rings (SSSR count). The van der Waals surface area contributed by atoms with Gasteiger partial charge in [0.15, 0.2) is 17.1 Å². The van der Waals surface area contributed by atoms with Gasteiger partial charge in [-0.3, -0.25) is 9.78 Å². The minimum atomic E-state index is -5.18. The van der Waals surface area contributed by atoms with Crippen LogP contribution in [0.2, 0.25) is 0 Å². The lowest BCUT2D eigenvalue weighted by molar-refractivity contribution is -0.114. The highest BCUT2D eigenvalue weighted by Crippen LogP contribution is 2.39. The van der Waals surface area contributed by atoms with Crippen molar-refractivity contribution in [2.75, 3.05) is 5.32 Å². The van der Waals surface area contributed by atoms with E-state index >= 15 is 0 Å². The molecule has 0 saturated heterocycles. The van der Waals surface area contributed by atoms with E-state index in [-0.39, 0.29) is 11.3 Å². The van der Waals surface area contributed by atoms with Crippen LogP contribution in [0.1, 0.15) is 6.92 Å². The predicted molar refractivity (Wildman–Crippen MR) is 67.6 cm³/mol. The highest BCUT2D eigenvalue weighted by atomic mass is 32.2. The molecule has 120 valence electrons. The van der Waals surface area contributed by atoms with Gasteiger partial charge in [0.1, 0.15) is 5.52 Å². The van der Waals surface area contributed by atoms with Crippen LogP contribution in [0.3, 0.4) is 0 Å². The Morgan fingerprint density at radius 1 is 1.50 bits per heavy atom. The molecule has 2 aromatic rings. The first-order valence-electron chi connectivity index (χ1n) is 5.43. The van der Waals surface area contributed by atoms with Gasteiger partial charge in [0, 0.05) is 13.0 Å². The second-order valence-electron chi connectivity index (χ2n) is 3.93. The molecule has 22 heavy (non-hydrogen) atoms. The van der Waals surface area contributed by atoms with Crippen LogP contribution in [0.15, 0.2) is 15.3 Å². The average molecular weight is 340 g/mol. The second-order valence-corrected chi connectivity index (χ2v) is 5.03. The third-order valence-electron chi connectivity index (χ3n) is 2.30. The maximum absolute atomic E-state index is 12.2. The Balaban J connectivity index is 2.59. The molecule has 0 aliphatic carbocycles. The largest absolute Gasteiger partial charge is 0.508 e. The van der Waals surface area contributed by atoms with E-state index in [2.05, 4.69) is 13.9 Å². The van der Waals surface area contributed by atoms with Crippen molar-refractivity contribution >= 4 is 33.8 Å². The molecule has 12 heteroatoms. The van der Waals surface area contributed by atoms with Gasteiger partial charge in [-0.05, 0) is 0 Å². The van der Waals surface area contributed by atoms with Crippen molar-refractivity contribution in [2.45, 2.75) is 12.4 Å². The molecule has 0 radical (unpaired) electrons. The first-order valence-corrected chi connectivity index (χ1v) is 6.50. The van der Waals surface area contributed by atoms with Crippen molar-refractivity contribution in [3.8, 4) is 11.5 Å². The summed E-state index contributed by atoms with van der Waals surface area (Å²) in [6.07, 6.45) is 0. The second kappa shape index (κ2) is 5.36. The molecule has 0 bridgehead atoms. The Hall–Kier alpha value is -2.50. The SMILES string of the molecule is CC(=O)Nc1cc(OS(=O)C(F)(F)F)c(O)c2[nH]c(=O)oc12. The minimum absolute atomic E-state index is 0.243. The standard InChI is InChI=1S/C10H7F3N2O6S/c1-3(16)14-4-2-5(21-22(19)10(11,12)13)7(17)6-8(4)20-9(18)15-6/h2,17H,1H3,(H,14,16)(H,15,18). The number of aromatic amines is 1. The first kappa shape index (κ1) is 15.9. The first-order chi connectivity index (χ1) is 10.1. The van der Waals surface area contributed by atoms with Crippen molar-refractivity contribution < 1.29 is 35.9 Å². The van der Waals surface area contributed by atoms with Crippen LogP contribution < -0.4 is 15.3 Å². The quantitative estimate of drug-likeness (QED) is 0.725. The van der Waals surface area contributed by atoms with Crippen LogP contribution >= 0.6 is 0 Å². The Morgan fingerprint density at radius 3 is 2.68 bits per heavy atom. The van der Waals surface area contributed by atoms with E-state index in [0.29, 0.717) is 0 Å². The molecule has 1 aromatic heterocycles. The molecule has 0 aliphatic rings. The summed E-state index contributed by atoms with van der Waals surface area (Å²) < 4.78 is 56.5. The lowest BCUT2D eigenvalue weighted by atomic mass is 10.2. The summed E-state index contributed by atoms with van der Waals surface area (Å²) in [5.74, 6) is -3.43. The van der Waals surface area contributed by atoms with E-state index in [0.717, 1.165) is 13.0 Å². The van der Waals surface area contributed by atoms with Crippen LogP contribution in [0.5, 0.6) is 11.5 Å². The molecule has 3 N–H and O–H groups in total. The predicted octanol–water partition coefficient (Wildman–Crippen LogP) is 1.35. The number of halogens is 3. The van der Waals surface area contributed by atoms with Gasteiger partial charge in [0.25, 0.3) is 0 Å². The van der Waals surface area contributed by atoms with Crippen molar-refractivity contribution in [1.29, 1.82) is 0 Å². The fraction of sp³-hybridized carbons (Fsp3) is 0.200. The number of carbonyl (C=O) groups is 1. The lowest BCUT2D eigenvalue weighted by Gasteiger charge is -2.11. The van der Waals surface area contributed by atoms with Gasteiger partial charge < -0.3 is 19.0 Å². The number of hydrogen-bond acceptors (Lipinski definition) is 6. The summed E-state index contributed by atoms with van der Waals surface area (Å²) in [5, 5.41) is 11.9. The van der Waals surface area contributed by atoms with Crippen molar-refractivity contribution in [3.63, 3.8) is 0 Å². The molecule has 0 spiro atoms. The number of phenols is 1. The number of hydrogen-bond donors (Lipinski definition) is 3. The number of carbonyl (C=O) groups excluding carboxylic acids is 1. The third kappa shape index (κ3) is 3.05. The molecule has 0 saturated carbocycles. The van der Waals surface area contributed by atoms with Gasteiger partial charge in [0.2, 0.25) is 5.91 Å². The topological polar surface area (TPSA) is 122 Å². The van der Waals surface area contributed by atoms with Gasteiger partial charge in [0.05, 0.1) is 5.69 Å². The number of aromatic hydroxyl groups is 1. The zero-order valence-electron chi connectivity index (χ0n) is 10.6. The van der Waals surface area contributed by atoms with Crippen LogP contribution in [0.25, 0.3) is 11.1 Å². The summed E-state index contributed by atoms with van der Waals surface area (Å²) in [6.45, 7) is 1.10. The number of benzene rings is 1. The van der Waals surface area contributed by atoms with Crippen molar-refractivity contribution in [2.24, 2.45) is 0 Å². The minimum Gasteiger partial charge on any atom is -0.503 e. The van der Waals surface area contributed by atoms with E-state index in [1.165, 1.54) is 0 Å². The number of fused-ring (bicyclic) bond motifs is 1. The molecular weight excluding hydrogens is 333 g/mol. The summed E-state index contributed by atoms with van der Waals surface area (Å²) >= 11 is -3.75. The highest BCUT2D eigenvalue weighted by molar-refractivity contribution is 7.81. The van der Waals surface area contributed by atoms with E-state index in [1.807, 2.05) is 4.98 Å². The molecule has 1 atom stereocenters.